The molecule has 1 spiro atoms. The number of aromatic nitrogens is 1. The summed E-state index contributed by atoms with van der Waals surface area (Å²) >= 11 is 3.39. The molecule has 2 heterocycles. The molecule has 3 rings (SSSR count). The number of pyridine rings is 1. The number of halogens is 1. The first-order chi connectivity index (χ1) is 10.0. The first-order valence-corrected chi connectivity index (χ1v) is 8.03. The Morgan fingerprint density at radius 2 is 2.10 bits per heavy atom. The molecule has 3 amide bonds. The molecule has 1 aromatic rings. The standard InChI is InChI=1S/C15H18BrN3O2/c1-10-2-4-15(5-3-10)13(20)18-14(21)19(15)9-11-6-12(16)8-17-7-11/h6-8,10H,2-5,9H2,1H3,(H,18,20,21). The van der Waals surface area contributed by atoms with Gasteiger partial charge in [-0.3, -0.25) is 15.1 Å². The van der Waals surface area contributed by atoms with Crippen molar-refractivity contribution in [2.75, 3.05) is 0 Å². The van der Waals surface area contributed by atoms with Gasteiger partial charge in [-0.15, -0.1) is 0 Å². The largest absolute Gasteiger partial charge is 0.325 e. The molecule has 1 aliphatic heterocycles. The predicted molar refractivity (Wildman–Crippen MR) is 81.4 cm³/mol. The molecule has 0 radical (unpaired) electrons. The van der Waals surface area contributed by atoms with E-state index in [-0.39, 0.29) is 11.9 Å². The Labute approximate surface area is 132 Å². The van der Waals surface area contributed by atoms with Gasteiger partial charge in [0.15, 0.2) is 0 Å². The van der Waals surface area contributed by atoms with Gasteiger partial charge in [0.25, 0.3) is 5.91 Å². The van der Waals surface area contributed by atoms with E-state index in [1.165, 1.54) is 0 Å². The zero-order valence-corrected chi connectivity index (χ0v) is 13.5. The highest BCUT2D eigenvalue weighted by atomic mass is 79.9. The molecule has 0 bridgehead atoms. The summed E-state index contributed by atoms with van der Waals surface area (Å²) in [4.78, 5) is 30.4. The van der Waals surface area contributed by atoms with Crippen LogP contribution in [0.2, 0.25) is 0 Å². The number of imide groups is 1. The number of nitrogens with one attached hydrogen (secondary N) is 1. The maximum absolute atomic E-state index is 12.3. The highest BCUT2D eigenvalue weighted by Gasteiger charge is 2.53. The van der Waals surface area contributed by atoms with Crippen LogP contribution in [0.25, 0.3) is 0 Å². The van der Waals surface area contributed by atoms with E-state index in [0.29, 0.717) is 12.5 Å². The summed E-state index contributed by atoms with van der Waals surface area (Å²) in [6, 6.07) is 1.65. The van der Waals surface area contributed by atoms with E-state index in [2.05, 4.69) is 33.2 Å². The molecular formula is C15H18BrN3O2. The highest BCUT2D eigenvalue weighted by Crippen LogP contribution is 2.40. The van der Waals surface area contributed by atoms with Crippen molar-refractivity contribution in [2.24, 2.45) is 5.92 Å². The van der Waals surface area contributed by atoms with Crippen LogP contribution < -0.4 is 5.32 Å². The topological polar surface area (TPSA) is 62.3 Å². The third-order valence-corrected chi connectivity index (χ3v) is 5.04. The fraction of sp³-hybridized carbons (Fsp3) is 0.533. The highest BCUT2D eigenvalue weighted by molar-refractivity contribution is 9.10. The Morgan fingerprint density at radius 3 is 2.76 bits per heavy atom. The number of carbonyl (C=O) groups is 2. The van der Waals surface area contributed by atoms with E-state index in [0.717, 1.165) is 35.7 Å². The fourth-order valence-electron chi connectivity index (χ4n) is 3.28. The molecule has 0 aromatic carbocycles. The van der Waals surface area contributed by atoms with Gasteiger partial charge in [0.1, 0.15) is 5.54 Å². The van der Waals surface area contributed by atoms with Gasteiger partial charge in [0, 0.05) is 16.9 Å². The van der Waals surface area contributed by atoms with Crippen LogP contribution in [0.4, 0.5) is 4.79 Å². The van der Waals surface area contributed by atoms with Gasteiger partial charge in [0.2, 0.25) is 0 Å². The molecule has 1 aromatic heterocycles. The van der Waals surface area contributed by atoms with Crippen LogP contribution in [0.1, 0.15) is 38.2 Å². The molecule has 21 heavy (non-hydrogen) atoms. The van der Waals surface area contributed by atoms with E-state index in [1.54, 1.807) is 17.3 Å². The first-order valence-electron chi connectivity index (χ1n) is 7.24. The monoisotopic (exact) mass is 351 g/mol. The maximum atomic E-state index is 12.3. The Morgan fingerprint density at radius 1 is 1.38 bits per heavy atom. The van der Waals surface area contributed by atoms with Crippen LogP contribution in [0.15, 0.2) is 22.9 Å². The molecule has 6 heteroatoms. The van der Waals surface area contributed by atoms with Crippen molar-refractivity contribution in [3.63, 3.8) is 0 Å². The minimum atomic E-state index is -0.661. The smallest absolute Gasteiger partial charge is 0.305 e. The lowest BCUT2D eigenvalue weighted by atomic mass is 9.76. The lowest BCUT2D eigenvalue weighted by Gasteiger charge is -2.40. The van der Waals surface area contributed by atoms with Gasteiger partial charge in [-0.1, -0.05) is 6.92 Å². The average Bonchev–Trinajstić information content (AvgIpc) is 2.66. The molecule has 1 saturated carbocycles. The van der Waals surface area contributed by atoms with Gasteiger partial charge in [-0.25, -0.2) is 4.79 Å². The quantitative estimate of drug-likeness (QED) is 0.833. The van der Waals surface area contributed by atoms with E-state index in [9.17, 15) is 9.59 Å². The van der Waals surface area contributed by atoms with Gasteiger partial charge in [-0.05, 0) is 59.2 Å². The second kappa shape index (κ2) is 5.40. The molecular weight excluding hydrogens is 334 g/mol. The van der Waals surface area contributed by atoms with Crippen molar-refractivity contribution in [3.05, 3.63) is 28.5 Å². The minimum Gasteiger partial charge on any atom is -0.305 e. The molecule has 5 nitrogen and oxygen atoms in total. The van der Waals surface area contributed by atoms with Crippen LogP contribution >= 0.6 is 15.9 Å². The van der Waals surface area contributed by atoms with Gasteiger partial charge < -0.3 is 4.90 Å². The number of carbonyl (C=O) groups excluding carboxylic acids is 2. The second-order valence-corrected chi connectivity index (χ2v) is 6.99. The van der Waals surface area contributed by atoms with Gasteiger partial charge in [0.05, 0.1) is 6.54 Å². The fourth-order valence-corrected chi connectivity index (χ4v) is 3.69. The van der Waals surface area contributed by atoms with E-state index in [1.807, 2.05) is 6.07 Å². The van der Waals surface area contributed by atoms with Crippen LogP contribution in [-0.4, -0.2) is 27.4 Å². The summed E-state index contributed by atoms with van der Waals surface area (Å²) in [5.41, 5.74) is 0.263. The van der Waals surface area contributed by atoms with Crippen molar-refractivity contribution >= 4 is 27.9 Å². The number of hydrogen-bond donors (Lipinski definition) is 1. The van der Waals surface area contributed by atoms with Crippen LogP contribution in [-0.2, 0) is 11.3 Å². The van der Waals surface area contributed by atoms with Crippen LogP contribution in [0, 0.1) is 5.92 Å². The Hall–Kier alpha value is -1.43. The SMILES string of the molecule is CC1CCC2(CC1)C(=O)NC(=O)N2Cc1cncc(Br)c1. The number of amides is 3. The summed E-state index contributed by atoms with van der Waals surface area (Å²) in [6.45, 7) is 2.61. The molecule has 112 valence electrons. The van der Waals surface area contributed by atoms with Crippen molar-refractivity contribution in [1.29, 1.82) is 0 Å². The van der Waals surface area contributed by atoms with E-state index in [4.69, 9.17) is 0 Å². The Bertz CT molecular complexity index is 582. The zero-order valence-electron chi connectivity index (χ0n) is 11.9. The van der Waals surface area contributed by atoms with Crippen LogP contribution in [0.3, 0.4) is 0 Å². The third-order valence-electron chi connectivity index (χ3n) is 4.61. The molecule has 0 atom stereocenters. The van der Waals surface area contributed by atoms with E-state index >= 15 is 0 Å². The summed E-state index contributed by atoms with van der Waals surface area (Å²) in [5, 5.41) is 2.49. The maximum Gasteiger partial charge on any atom is 0.325 e. The molecule has 1 aliphatic carbocycles. The number of rotatable bonds is 2. The third kappa shape index (κ3) is 2.57. The minimum absolute atomic E-state index is 0.137. The predicted octanol–water partition coefficient (Wildman–Crippen LogP) is 2.84. The van der Waals surface area contributed by atoms with Crippen molar-refractivity contribution in [2.45, 2.75) is 44.7 Å². The van der Waals surface area contributed by atoms with Gasteiger partial charge >= 0.3 is 6.03 Å². The molecule has 0 unspecified atom stereocenters. The molecule has 2 aliphatic rings. The van der Waals surface area contributed by atoms with Crippen LogP contribution in [0.5, 0.6) is 0 Å². The van der Waals surface area contributed by atoms with Crippen molar-refractivity contribution in [3.8, 4) is 0 Å². The second-order valence-electron chi connectivity index (χ2n) is 6.07. The van der Waals surface area contributed by atoms with Crippen molar-refractivity contribution in [1.82, 2.24) is 15.2 Å². The Kier molecular flexibility index (Phi) is 3.73. The summed E-state index contributed by atoms with van der Waals surface area (Å²) in [5.74, 6) is 0.482. The average molecular weight is 352 g/mol. The number of urea groups is 1. The molecule has 1 saturated heterocycles. The summed E-state index contributed by atoms with van der Waals surface area (Å²) in [6.07, 6.45) is 6.89. The molecule has 2 fully saturated rings. The normalized spacial score (nSPS) is 29.0. The lowest BCUT2D eigenvalue weighted by Crippen LogP contribution is -2.51. The summed E-state index contributed by atoms with van der Waals surface area (Å²) < 4.78 is 0.872. The Balaban J connectivity index is 1.87. The summed E-state index contributed by atoms with van der Waals surface area (Å²) in [7, 11) is 0. The van der Waals surface area contributed by atoms with Crippen molar-refractivity contribution < 1.29 is 9.59 Å². The number of hydrogen-bond acceptors (Lipinski definition) is 3. The first kappa shape index (κ1) is 14.5. The zero-order chi connectivity index (χ0) is 15.0. The lowest BCUT2D eigenvalue weighted by molar-refractivity contribution is -0.128. The molecule has 1 N–H and O–H groups in total. The number of nitrogens with zero attached hydrogens (tertiary/aromatic N) is 2. The van der Waals surface area contributed by atoms with E-state index < -0.39 is 5.54 Å². The van der Waals surface area contributed by atoms with Gasteiger partial charge in [-0.2, -0.15) is 0 Å².